The molecule has 0 amide bonds. The smallest absolute Gasteiger partial charge is 0.186 e. The van der Waals surface area contributed by atoms with Gasteiger partial charge in [0, 0.05) is 12.0 Å². The van der Waals surface area contributed by atoms with Crippen LogP contribution in [0.4, 0.5) is 5.69 Å². The molecule has 5 nitrogen and oxygen atoms in total. The topological polar surface area (TPSA) is 70.8 Å². The van der Waals surface area contributed by atoms with Crippen molar-refractivity contribution in [2.45, 2.75) is 12.5 Å². The predicted octanol–water partition coefficient (Wildman–Crippen LogP) is 1.70. The van der Waals surface area contributed by atoms with E-state index < -0.39 is 0 Å². The first-order valence-corrected chi connectivity index (χ1v) is 5.88. The van der Waals surface area contributed by atoms with Crippen LogP contribution in [-0.2, 0) is 4.74 Å². The fourth-order valence-corrected chi connectivity index (χ4v) is 2.13. The Hall–Kier alpha value is -2.19. The van der Waals surface area contributed by atoms with Gasteiger partial charge in [-0.05, 0) is 12.5 Å². The lowest BCUT2D eigenvalue weighted by molar-refractivity contribution is 0.195. The normalized spacial score (nSPS) is 18.7. The molecule has 1 aromatic carbocycles. The number of fused-ring (bicyclic) bond motifs is 1. The summed E-state index contributed by atoms with van der Waals surface area (Å²) in [7, 11) is 0. The molecule has 3 rings (SSSR count). The van der Waals surface area contributed by atoms with Gasteiger partial charge in [-0.3, -0.25) is 0 Å². The maximum Gasteiger partial charge on any atom is 0.186 e. The molecule has 90 valence electrons. The van der Waals surface area contributed by atoms with Crippen LogP contribution in [0.2, 0.25) is 0 Å². The molecule has 1 aliphatic heterocycles. The number of anilines is 1. The molecule has 0 bridgehead atoms. The highest BCUT2D eigenvalue weighted by Crippen LogP contribution is 2.25. The van der Waals surface area contributed by atoms with E-state index in [9.17, 15) is 0 Å². The molecule has 0 aliphatic carbocycles. The van der Waals surface area contributed by atoms with E-state index >= 15 is 0 Å². The van der Waals surface area contributed by atoms with Gasteiger partial charge in [0.1, 0.15) is 6.07 Å². The monoisotopic (exact) mass is 240 g/mol. The first-order chi connectivity index (χ1) is 8.88. The predicted molar refractivity (Wildman–Crippen MR) is 67.1 cm³/mol. The fraction of sp³-hybridized carbons (Fsp3) is 0.308. The fourth-order valence-electron chi connectivity index (χ4n) is 2.13. The zero-order valence-electron chi connectivity index (χ0n) is 9.76. The van der Waals surface area contributed by atoms with Crippen LogP contribution in [0, 0.1) is 11.3 Å². The average molecular weight is 240 g/mol. The first-order valence-electron chi connectivity index (χ1n) is 5.88. The second-order valence-electron chi connectivity index (χ2n) is 4.26. The van der Waals surface area contributed by atoms with Gasteiger partial charge in [0.05, 0.1) is 23.9 Å². The number of hydrogen-bond donors (Lipinski definition) is 1. The van der Waals surface area contributed by atoms with Gasteiger partial charge >= 0.3 is 0 Å². The van der Waals surface area contributed by atoms with Crippen LogP contribution >= 0.6 is 0 Å². The number of rotatable bonds is 2. The SMILES string of the molecule is N#Cc1nnc2ccccc2c1NC1CCOC1. The molecule has 0 saturated carbocycles. The minimum absolute atomic E-state index is 0.240. The molecule has 2 aromatic rings. The Balaban J connectivity index is 2.08. The number of ether oxygens (including phenoxy) is 1. The van der Waals surface area contributed by atoms with Crippen molar-refractivity contribution in [3.63, 3.8) is 0 Å². The van der Waals surface area contributed by atoms with Crippen LogP contribution in [0.5, 0.6) is 0 Å². The summed E-state index contributed by atoms with van der Waals surface area (Å²) < 4.78 is 5.33. The highest BCUT2D eigenvalue weighted by Gasteiger charge is 2.19. The van der Waals surface area contributed by atoms with Crippen molar-refractivity contribution in [2.24, 2.45) is 0 Å². The second kappa shape index (κ2) is 4.59. The lowest BCUT2D eigenvalue weighted by Gasteiger charge is -2.14. The van der Waals surface area contributed by atoms with E-state index in [1.807, 2.05) is 24.3 Å². The van der Waals surface area contributed by atoms with Crippen LogP contribution in [0.1, 0.15) is 12.1 Å². The Morgan fingerprint density at radius 3 is 3.00 bits per heavy atom. The minimum atomic E-state index is 0.240. The van der Waals surface area contributed by atoms with Gasteiger partial charge in [0.25, 0.3) is 0 Å². The maximum absolute atomic E-state index is 9.13. The standard InChI is InChI=1S/C13H12N4O/c14-7-12-13(15-9-5-6-18-8-9)10-3-1-2-4-11(10)16-17-12/h1-4,9H,5-6,8H2,(H,15,16). The first kappa shape index (κ1) is 10.9. The average Bonchev–Trinajstić information content (AvgIpc) is 2.92. The molecular formula is C13H12N4O. The lowest BCUT2D eigenvalue weighted by Crippen LogP contribution is -2.20. The molecular weight excluding hydrogens is 228 g/mol. The van der Waals surface area contributed by atoms with E-state index in [1.54, 1.807) is 0 Å². The number of nitrogens with zero attached hydrogens (tertiary/aromatic N) is 3. The maximum atomic E-state index is 9.13. The van der Waals surface area contributed by atoms with Gasteiger partial charge in [-0.25, -0.2) is 0 Å². The van der Waals surface area contributed by atoms with Gasteiger partial charge in [0.2, 0.25) is 0 Å². The molecule has 0 spiro atoms. The Morgan fingerprint density at radius 2 is 2.22 bits per heavy atom. The number of hydrogen-bond acceptors (Lipinski definition) is 5. The minimum Gasteiger partial charge on any atom is -0.379 e. The van der Waals surface area contributed by atoms with Gasteiger partial charge in [-0.15, -0.1) is 10.2 Å². The number of benzene rings is 1. The van der Waals surface area contributed by atoms with Crippen molar-refractivity contribution >= 4 is 16.6 Å². The van der Waals surface area contributed by atoms with Crippen molar-refractivity contribution < 1.29 is 4.74 Å². The van der Waals surface area contributed by atoms with Crippen LogP contribution in [-0.4, -0.2) is 29.5 Å². The molecule has 1 aliphatic rings. The zero-order chi connectivity index (χ0) is 12.4. The number of aromatic nitrogens is 2. The summed E-state index contributed by atoms with van der Waals surface area (Å²) >= 11 is 0. The number of nitriles is 1. The summed E-state index contributed by atoms with van der Waals surface area (Å²) in [5.74, 6) is 0. The quantitative estimate of drug-likeness (QED) is 0.865. The Kier molecular flexibility index (Phi) is 2.79. The van der Waals surface area contributed by atoms with Gasteiger partial charge in [-0.1, -0.05) is 18.2 Å². The highest BCUT2D eigenvalue weighted by molar-refractivity contribution is 5.92. The van der Waals surface area contributed by atoms with E-state index in [2.05, 4.69) is 21.6 Å². The summed E-state index contributed by atoms with van der Waals surface area (Å²) in [5.41, 5.74) is 1.89. The third kappa shape index (κ3) is 1.87. The molecule has 0 radical (unpaired) electrons. The largest absolute Gasteiger partial charge is 0.379 e. The van der Waals surface area contributed by atoms with Gasteiger partial charge in [-0.2, -0.15) is 5.26 Å². The summed E-state index contributed by atoms with van der Waals surface area (Å²) in [6.07, 6.45) is 0.946. The van der Waals surface area contributed by atoms with Crippen molar-refractivity contribution in [2.75, 3.05) is 18.5 Å². The van der Waals surface area contributed by atoms with Crippen LogP contribution < -0.4 is 5.32 Å². The molecule has 1 unspecified atom stereocenters. The number of nitrogens with one attached hydrogen (secondary N) is 1. The van der Waals surface area contributed by atoms with Crippen molar-refractivity contribution in [1.82, 2.24) is 10.2 Å². The summed E-state index contributed by atoms with van der Waals surface area (Å²) in [6, 6.07) is 10.0. The summed E-state index contributed by atoms with van der Waals surface area (Å²) in [4.78, 5) is 0. The zero-order valence-corrected chi connectivity index (χ0v) is 9.76. The van der Waals surface area contributed by atoms with Gasteiger partial charge in [0.15, 0.2) is 5.69 Å². The Bertz CT molecular complexity index is 614. The Labute approximate surface area is 104 Å². The van der Waals surface area contributed by atoms with E-state index in [0.717, 1.165) is 29.6 Å². The molecule has 1 saturated heterocycles. The second-order valence-corrected chi connectivity index (χ2v) is 4.26. The van der Waals surface area contributed by atoms with E-state index in [1.165, 1.54) is 0 Å². The molecule has 1 N–H and O–H groups in total. The van der Waals surface area contributed by atoms with Crippen molar-refractivity contribution in [1.29, 1.82) is 5.26 Å². The highest BCUT2D eigenvalue weighted by atomic mass is 16.5. The Morgan fingerprint density at radius 1 is 1.33 bits per heavy atom. The lowest BCUT2D eigenvalue weighted by atomic mass is 10.1. The van der Waals surface area contributed by atoms with Crippen LogP contribution in [0.15, 0.2) is 24.3 Å². The molecule has 18 heavy (non-hydrogen) atoms. The third-order valence-corrected chi connectivity index (χ3v) is 3.05. The van der Waals surface area contributed by atoms with Crippen LogP contribution in [0.3, 0.4) is 0 Å². The summed E-state index contributed by atoms with van der Waals surface area (Å²) in [5, 5.41) is 21.4. The molecule has 5 heteroatoms. The third-order valence-electron chi connectivity index (χ3n) is 3.05. The molecule has 1 atom stereocenters. The van der Waals surface area contributed by atoms with Crippen molar-refractivity contribution in [3.8, 4) is 6.07 Å². The molecule has 2 heterocycles. The van der Waals surface area contributed by atoms with Gasteiger partial charge < -0.3 is 10.1 Å². The van der Waals surface area contributed by atoms with Crippen LogP contribution in [0.25, 0.3) is 10.9 Å². The van der Waals surface area contributed by atoms with E-state index in [-0.39, 0.29) is 6.04 Å². The molecule has 1 aromatic heterocycles. The summed E-state index contributed by atoms with van der Waals surface area (Å²) in [6.45, 7) is 1.43. The molecule has 1 fully saturated rings. The van der Waals surface area contributed by atoms with E-state index in [0.29, 0.717) is 12.3 Å². The van der Waals surface area contributed by atoms with E-state index in [4.69, 9.17) is 10.00 Å². The van der Waals surface area contributed by atoms with Crippen molar-refractivity contribution in [3.05, 3.63) is 30.0 Å².